The maximum Gasteiger partial charge on any atom is 0.254 e. The predicted molar refractivity (Wildman–Crippen MR) is 66.5 cm³/mol. The first kappa shape index (κ1) is 11.7. The average molecular weight is 230 g/mol. The lowest BCUT2D eigenvalue weighted by atomic mass is 10.1. The van der Waals surface area contributed by atoms with Gasteiger partial charge in [-0.1, -0.05) is 18.2 Å². The van der Waals surface area contributed by atoms with E-state index in [0.717, 1.165) is 24.1 Å². The standard InChI is InChI=1S/C14H16NO2/c1-11-5-3-4-6-13(11)14(16)15-8-7-12(9-15)10-17-2/h3-6,10H,1,7-9H2,2H3. The van der Waals surface area contributed by atoms with E-state index < -0.39 is 0 Å². The highest BCUT2D eigenvalue weighted by Crippen LogP contribution is 2.19. The van der Waals surface area contributed by atoms with E-state index in [0.29, 0.717) is 12.1 Å². The lowest BCUT2D eigenvalue weighted by Gasteiger charge is -2.16. The Balaban J connectivity index is 2.13. The first-order valence-electron chi connectivity index (χ1n) is 5.63. The van der Waals surface area contributed by atoms with Gasteiger partial charge in [-0.05, 0) is 30.5 Å². The number of benzene rings is 1. The Morgan fingerprint density at radius 2 is 2.24 bits per heavy atom. The maximum atomic E-state index is 12.2. The quantitative estimate of drug-likeness (QED) is 0.729. The normalized spacial score (nSPS) is 17.5. The molecule has 3 heteroatoms. The largest absolute Gasteiger partial charge is 0.504 e. The number of hydrogen-bond donors (Lipinski definition) is 0. The molecule has 1 amide bonds. The molecule has 2 rings (SSSR count). The highest BCUT2D eigenvalue weighted by atomic mass is 16.5. The number of rotatable bonds is 2. The lowest BCUT2D eigenvalue weighted by Crippen LogP contribution is -2.28. The fourth-order valence-electron chi connectivity index (χ4n) is 2.02. The van der Waals surface area contributed by atoms with Crippen LogP contribution in [-0.2, 0) is 4.74 Å². The van der Waals surface area contributed by atoms with Crippen LogP contribution in [0.4, 0.5) is 0 Å². The van der Waals surface area contributed by atoms with E-state index in [9.17, 15) is 4.79 Å². The van der Waals surface area contributed by atoms with Gasteiger partial charge < -0.3 is 9.64 Å². The maximum absolute atomic E-state index is 12.2. The summed E-state index contributed by atoms with van der Waals surface area (Å²) in [6.45, 7) is 5.29. The molecule has 17 heavy (non-hydrogen) atoms. The second-order valence-corrected chi connectivity index (χ2v) is 4.15. The van der Waals surface area contributed by atoms with Crippen LogP contribution in [0, 0.1) is 6.92 Å². The summed E-state index contributed by atoms with van der Waals surface area (Å²) < 4.78 is 4.97. The van der Waals surface area contributed by atoms with Gasteiger partial charge >= 0.3 is 0 Å². The topological polar surface area (TPSA) is 29.5 Å². The van der Waals surface area contributed by atoms with Crippen molar-refractivity contribution >= 4 is 5.91 Å². The number of nitrogens with zero attached hydrogens (tertiary/aromatic N) is 1. The third-order valence-electron chi connectivity index (χ3n) is 2.92. The van der Waals surface area contributed by atoms with Crippen molar-refractivity contribution in [3.05, 3.63) is 54.2 Å². The van der Waals surface area contributed by atoms with Crippen LogP contribution >= 0.6 is 0 Å². The van der Waals surface area contributed by atoms with Gasteiger partial charge in [-0.2, -0.15) is 0 Å². The molecule has 1 aromatic carbocycles. The SMILES string of the molecule is [CH2]c1ccccc1C(=O)N1CCC(=COC)C1. The van der Waals surface area contributed by atoms with Crippen LogP contribution in [0.3, 0.4) is 0 Å². The van der Waals surface area contributed by atoms with Crippen molar-refractivity contribution in [2.24, 2.45) is 0 Å². The molecule has 0 aliphatic carbocycles. The molecule has 1 aliphatic heterocycles. The molecule has 0 aromatic heterocycles. The summed E-state index contributed by atoms with van der Waals surface area (Å²) in [5.74, 6) is 0.0510. The number of hydrogen-bond acceptors (Lipinski definition) is 2. The van der Waals surface area contributed by atoms with Gasteiger partial charge in [0.15, 0.2) is 0 Å². The fourth-order valence-corrected chi connectivity index (χ4v) is 2.02. The number of ether oxygens (including phenoxy) is 1. The van der Waals surface area contributed by atoms with Crippen LogP contribution in [0.15, 0.2) is 36.1 Å². The van der Waals surface area contributed by atoms with Gasteiger partial charge in [0.2, 0.25) is 0 Å². The minimum absolute atomic E-state index is 0.0510. The smallest absolute Gasteiger partial charge is 0.254 e. The van der Waals surface area contributed by atoms with E-state index in [-0.39, 0.29) is 5.91 Å². The van der Waals surface area contributed by atoms with Crippen molar-refractivity contribution in [1.29, 1.82) is 0 Å². The first-order valence-corrected chi connectivity index (χ1v) is 5.63. The second kappa shape index (κ2) is 5.04. The Bertz CT molecular complexity index is 451. The van der Waals surface area contributed by atoms with Crippen molar-refractivity contribution in [2.45, 2.75) is 6.42 Å². The molecular formula is C14H16NO2. The van der Waals surface area contributed by atoms with Crippen LogP contribution < -0.4 is 0 Å². The lowest BCUT2D eigenvalue weighted by molar-refractivity contribution is 0.0795. The summed E-state index contributed by atoms with van der Waals surface area (Å²) in [6.07, 6.45) is 2.61. The molecule has 1 radical (unpaired) electrons. The van der Waals surface area contributed by atoms with Crippen LogP contribution in [0.25, 0.3) is 0 Å². The molecule has 89 valence electrons. The Morgan fingerprint density at radius 3 is 2.94 bits per heavy atom. The van der Waals surface area contributed by atoms with Crippen molar-refractivity contribution in [3.63, 3.8) is 0 Å². The molecule has 1 aliphatic rings. The monoisotopic (exact) mass is 230 g/mol. The first-order chi connectivity index (χ1) is 8.22. The van der Waals surface area contributed by atoms with Gasteiger partial charge in [0, 0.05) is 18.7 Å². The van der Waals surface area contributed by atoms with Gasteiger partial charge in [0.1, 0.15) is 0 Å². The van der Waals surface area contributed by atoms with Gasteiger partial charge in [0.05, 0.1) is 13.4 Å². The van der Waals surface area contributed by atoms with Crippen LogP contribution in [-0.4, -0.2) is 31.0 Å². The van der Waals surface area contributed by atoms with E-state index in [1.807, 2.05) is 29.2 Å². The molecule has 3 nitrogen and oxygen atoms in total. The zero-order chi connectivity index (χ0) is 12.3. The van der Waals surface area contributed by atoms with E-state index in [1.165, 1.54) is 0 Å². The van der Waals surface area contributed by atoms with Crippen LogP contribution in [0.1, 0.15) is 22.3 Å². The minimum atomic E-state index is 0.0510. The molecule has 0 spiro atoms. The van der Waals surface area contributed by atoms with Crippen molar-refractivity contribution < 1.29 is 9.53 Å². The molecule has 0 bridgehead atoms. The molecular weight excluding hydrogens is 214 g/mol. The third kappa shape index (κ3) is 2.49. The summed E-state index contributed by atoms with van der Waals surface area (Å²) in [5.41, 5.74) is 2.62. The molecule has 1 heterocycles. The summed E-state index contributed by atoms with van der Waals surface area (Å²) in [6, 6.07) is 7.43. The van der Waals surface area contributed by atoms with Crippen molar-refractivity contribution in [1.82, 2.24) is 4.90 Å². The molecule has 0 N–H and O–H groups in total. The zero-order valence-corrected chi connectivity index (χ0v) is 9.98. The van der Waals surface area contributed by atoms with E-state index in [2.05, 4.69) is 6.92 Å². The summed E-state index contributed by atoms with van der Waals surface area (Å²) >= 11 is 0. The minimum Gasteiger partial charge on any atom is -0.504 e. The Kier molecular flexibility index (Phi) is 3.47. The number of amides is 1. The third-order valence-corrected chi connectivity index (χ3v) is 2.92. The zero-order valence-electron chi connectivity index (χ0n) is 9.98. The van der Waals surface area contributed by atoms with Gasteiger partial charge in [0.25, 0.3) is 5.91 Å². The Morgan fingerprint density at radius 1 is 1.47 bits per heavy atom. The number of carbonyl (C=O) groups is 1. The molecule has 1 fully saturated rings. The highest BCUT2D eigenvalue weighted by molar-refractivity contribution is 5.96. The van der Waals surface area contributed by atoms with Gasteiger partial charge in [-0.3, -0.25) is 4.79 Å². The van der Waals surface area contributed by atoms with E-state index in [4.69, 9.17) is 4.74 Å². The molecule has 1 saturated heterocycles. The Labute approximate surface area is 102 Å². The van der Waals surface area contributed by atoms with Crippen molar-refractivity contribution in [3.8, 4) is 0 Å². The predicted octanol–water partition coefficient (Wildman–Crippen LogP) is 2.24. The average Bonchev–Trinajstić information content (AvgIpc) is 2.78. The molecule has 0 atom stereocenters. The van der Waals surface area contributed by atoms with E-state index in [1.54, 1.807) is 13.4 Å². The molecule has 0 unspecified atom stereocenters. The summed E-state index contributed by atoms with van der Waals surface area (Å²) in [4.78, 5) is 14.1. The highest BCUT2D eigenvalue weighted by Gasteiger charge is 2.23. The van der Waals surface area contributed by atoms with Crippen molar-refractivity contribution in [2.75, 3.05) is 20.2 Å². The van der Waals surface area contributed by atoms with Gasteiger partial charge in [-0.15, -0.1) is 0 Å². The van der Waals surface area contributed by atoms with Crippen LogP contribution in [0.5, 0.6) is 0 Å². The number of methoxy groups -OCH3 is 1. The fraction of sp³-hybridized carbons (Fsp3) is 0.286. The summed E-state index contributed by atoms with van der Waals surface area (Å²) in [7, 11) is 1.63. The van der Waals surface area contributed by atoms with E-state index >= 15 is 0 Å². The Hall–Kier alpha value is -1.77. The molecule has 0 saturated carbocycles. The second-order valence-electron chi connectivity index (χ2n) is 4.15. The summed E-state index contributed by atoms with van der Waals surface area (Å²) in [5, 5.41) is 0. The van der Waals surface area contributed by atoms with Crippen LogP contribution in [0.2, 0.25) is 0 Å². The number of carbonyl (C=O) groups excluding carboxylic acids is 1. The molecule has 1 aromatic rings. The number of likely N-dealkylation sites (tertiary alicyclic amines) is 1. The van der Waals surface area contributed by atoms with Gasteiger partial charge in [-0.25, -0.2) is 0 Å².